The number of fused-ring (bicyclic) bond motifs is 1. The molecule has 0 radical (unpaired) electrons. The molecule has 8 heteroatoms. The van der Waals surface area contributed by atoms with E-state index in [0.29, 0.717) is 18.3 Å². The molecule has 4 amide bonds. The fourth-order valence-corrected chi connectivity index (χ4v) is 3.61. The summed E-state index contributed by atoms with van der Waals surface area (Å²) in [6.07, 6.45) is 1.30. The van der Waals surface area contributed by atoms with E-state index >= 15 is 0 Å². The zero-order valence-corrected chi connectivity index (χ0v) is 14.1. The maximum absolute atomic E-state index is 12.7. The van der Waals surface area contributed by atoms with Crippen molar-refractivity contribution in [2.24, 2.45) is 5.92 Å². The van der Waals surface area contributed by atoms with Gasteiger partial charge in [0.25, 0.3) is 11.8 Å². The number of hydrogen-bond acceptors (Lipinski definition) is 6. The molecule has 1 aromatic carbocycles. The number of hydrogen-bond donors (Lipinski definition) is 2. The largest absolute Gasteiger partial charge is 0.493 e. The van der Waals surface area contributed by atoms with E-state index in [-0.39, 0.29) is 29.9 Å². The molecule has 26 heavy (non-hydrogen) atoms. The van der Waals surface area contributed by atoms with Crippen LogP contribution in [0.1, 0.15) is 40.0 Å². The Balaban J connectivity index is 1.52. The van der Waals surface area contributed by atoms with Crippen molar-refractivity contribution in [2.75, 3.05) is 19.7 Å². The first-order valence-electron chi connectivity index (χ1n) is 8.74. The molecule has 0 bridgehead atoms. The molecule has 136 valence electrons. The summed E-state index contributed by atoms with van der Waals surface area (Å²) in [5, 5.41) is 5.45. The molecule has 3 aliphatic rings. The number of carbonyl (C=O) groups excluding carboxylic acids is 4. The summed E-state index contributed by atoms with van der Waals surface area (Å²) in [5.41, 5.74) is 0.497. The minimum atomic E-state index is -0.950. The molecule has 3 heterocycles. The van der Waals surface area contributed by atoms with Gasteiger partial charge in [-0.2, -0.15) is 0 Å². The van der Waals surface area contributed by atoms with Crippen molar-refractivity contribution in [1.82, 2.24) is 15.5 Å². The van der Waals surface area contributed by atoms with E-state index in [2.05, 4.69) is 10.6 Å². The minimum Gasteiger partial charge on any atom is -0.493 e. The van der Waals surface area contributed by atoms with Crippen LogP contribution in [-0.4, -0.2) is 54.3 Å². The van der Waals surface area contributed by atoms with Crippen molar-refractivity contribution in [2.45, 2.75) is 25.3 Å². The molecule has 0 aromatic heterocycles. The Kier molecular flexibility index (Phi) is 4.20. The SMILES string of the molecule is O=C1CCC(N2C(=O)c3ccc(OCC4CCNC4)cc3C2=O)C(=O)N1. The molecule has 0 saturated carbocycles. The second kappa shape index (κ2) is 6.53. The summed E-state index contributed by atoms with van der Waals surface area (Å²) in [6.45, 7) is 2.43. The Hall–Kier alpha value is -2.74. The van der Waals surface area contributed by atoms with Crippen LogP contribution in [0.4, 0.5) is 0 Å². The number of imide groups is 2. The highest BCUT2D eigenvalue weighted by Gasteiger charge is 2.44. The van der Waals surface area contributed by atoms with E-state index in [1.165, 1.54) is 0 Å². The Morgan fingerprint density at radius 3 is 2.62 bits per heavy atom. The highest BCUT2D eigenvalue weighted by atomic mass is 16.5. The number of nitrogens with zero attached hydrogens (tertiary/aromatic N) is 1. The number of amides is 4. The lowest BCUT2D eigenvalue weighted by molar-refractivity contribution is -0.136. The third-order valence-corrected chi connectivity index (χ3v) is 5.06. The van der Waals surface area contributed by atoms with Crippen LogP contribution in [0.2, 0.25) is 0 Å². The van der Waals surface area contributed by atoms with Crippen molar-refractivity contribution < 1.29 is 23.9 Å². The zero-order valence-electron chi connectivity index (χ0n) is 14.1. The average molecular weight is 357 g/mol. The van der Waals surface area contributed by atoms with Gasteiger partial charge in [-0.25, -0.2) is 0 Å². The summed E-state index contributed by atoms with van der Waals surface area (Å²) in [6, 6.07) is 3.84. The van der Waals surface area contributed by atoms with E-state index in [0.717, 1.165) is 24.4 Å². The lowest BCUT2D eigenvalue weighted by atomic mass is 10.0. The zero-order chi connectivity index (χ0) is 18.3. The van der Waals surface area contributed by atoms with E-state index < -0.39 is 23.8 Å². The van der Waals surface area contributed by atoms with Gasteiger partial charge in [-0.15, -0.1) is 0 Å². The summed E-state index contributed by atoms with van der Waals surface area (Å²) in [5.74, 6) is -1.07. The van der Waals surface area contributed by atoms with Crippen molar-refractivity contribution in [3.8, 4) is 5.75 Å². The van der Waals surface area contributed by atoms with Crippen LogP contribution in [0.25, 0.3) is 0 Å². The standard InChI is InChI=1S/C18H19N3O5/c22-15-4-3-14(16(23)20-15)21-17(24)12-2-1-11(7-13(12)18(21)25)26-9-10-5-6-19-8-10/h1-2,7,10,14,19H,3-6,8-9H2,(H,20,22,23). The van der Waals surface area contributed by atoms with Gasteiger partial charge in [-0.3, -0.25) is 29.4 Å². The van der Waals surface area contributed by atoms with Crippen molar-refractivity contribution in [3.05, 3.63) is 29.3 Å². The predicted octanol–water partition coefficient (Wildman–Crippen LogP) is 0.0761. The molecule has 2 N–H and O–H groups in total. The monoisotopic (exact) mass is 357 g/mol. The normalized spacial score (nSPS) is 25.5. The van der Waals surface area contributed by atoms with Crippen LogP contribution in [0.15, 0.2) is 18.2 Å². The van der Waals surface area contributed by atoms with Gasteiger partial charge in [0, 0.05) is 18.9 Å². The van der Waals surface area contributed by atoms with Crippen LogP contribution in [0.3, 0.4) is 0 Å². The lowest BCUT2D eigenvalue weighted by Crippen LogP contribution is -2.54. The van der Waals surface area contributed by atoms with E-state index in [1.54, 1.807) is 18.2 Å². The lowest BCUT2D eigenvalue weighted by Gasteiger charge is -2.27. The van der Waals surface area contributed by atoms with Crippen LogP contribution in [0, 0.1) is 5.92 Å². The van der Waals surface area contributed by atoms with Gasteiger partial charge in [-0.05, 0) is 37.6 Å². The molecule has 3 aliphatic heterocycles. The predicted molar refractivity (Wildman–Crippen MR) is 89.6 cm³/mol. The second-order valence-electron chi connectivity index (χ2n) is 6.82. The van der Waals surface area contributed by atoms with Crippen molar-refractivity contribution in [1.29, 1.82) is 0 Å². The minimum absolute atomic E-state index is 0.105. The highest BCUT2D eigenvalue weighted by molar-refractivity contribution is 6.23. The smallest absolute Gasteiger partial charge is 0.262 e. The van der Waals surface area contributed by atoms with Gasteiger partial charge in [0.1, 0.15) is 11.8 Å². The molecule has 2 saturated heterocycles. The van der Waals surface area contributed by atoms with Crippen LogP contribution in [0.5, 0.6) is 5.75 Å². The molecule has 2 atom stereocenters. The highest BCUT2D eigenvalue weighted by Crippen LogP contribution is 2.30. The number of piperidine rings is 1. The molecule has 1 aromatic rings. The first-order chi connectivity index (χ1) is 12.5. The van der Waals surface area contributed by atoms with Gasteiger partial charge < -0.3 is 10.1 Å². The third kappa shape index (κ3) is 2.86. The van der Waals surface area contributed by atoms with Crippen LogP contribution >= 0.6 is 0 Å². The Labute approximate surface area is 149 Å². The first-order valence-corrected chi connectivity index (χ1v) is 8.74. The molecule has 0 spiro atoms. The fraction of sp³-hybridized carbons (Fsp3) is 0.444. The molecular weight excluding hydrogens is 338 g/mol. The summed E-state index contributed by atoms with van der Waals surface area (Å²) >= 11 is 0. The number of ether oxygens (including phenoxy) is 1. The topological polar surface area (TPSA) is 105 Å². The summed E-state index contributed by atoms with van der Waals surface area (Å²) < 4.78 is 5.77. The first kappa shape index (κ1) is 16.7. The van der Waals surface area contributed by atoms with Gasteiger partial charge in [0.05, 0.1) is 17.7 Å². The molecule has 0 aliphatic carbocycles. The molecule has 2 fully saturated rings. The fourth-order valence-electron chi connectivity index (χ4n) is 3.61. The Morgan fingerprint density at radius 2 is 1.88 bits per heavy atom. The second-order valence-corrected chi connectivity index (χ2v) is 6.82. The molecule has 2 unspecified atom stereocenters. The quantitative estimate of drug-likeness (QED) is 0.740. The molecule has 8 nitrogen and oxygen atoms in total. The molecule has 4 rings (SSSR count). The van der Waals surface area contributed by atoms with Crippen LogP contribution < -0.4 is 15.4 Å². The average Bonchev–Trinajstić information content (AvgIpc) is 3.22. The van der Waals surface area contributed by atoms with Gasteiger partial charge >= 0.3 is 0 Å². The number of carbonyl (C=O) groups is 4. The van der Waals surface area contributed by atoms with Gasteiger partial charge in [0.2, 0.25) is 11.8 Å². The van der Waals surface area contributed by atoms with Crippen molar-refractivity contribution >= 4 is 23.6 Å². The Morgan fingerprint density at radius 1 is 1.08 bits per heavy atom. The molecular formula is C18H19N3O5. The Bertz CT molecular complexity index is 800. The van der Waals surface area contributed by atoms with E-state index in [9.17, 15) is 19.2 Å². The summed E-state index contributed by atoms with van der Waals surface area (Å²) in [4.78, 5) is 49.6. The number of rotatable bonds is 4. The van der Waals surface area contributed by atoms with E-state index in [4.69, 9.17) is 4.74 Å². The maximum atomic E-state index is 12.7. The summed E-state index contributed by atoms with van der Waals surface area (Å²) in [7, 11) is 0. The maximum Gasteiger partial charge on any atom is 0.262 e. The van der Waals surface area contributed by atoms with Crippen molar-refractivity contribution in [3.63, 3.8) is 0 Å². The van der Waals surface area contributed by atoms with Gasteiger partial charge in [0.15, 0.2) is 0 Å². The third-order valence-electron chi connectivity index (χ3n) is 5.06. The number of benzene rings is 1. The van der Waals surface area contributed by atoms with E-state index in [1.807, 2.05) is 0 Å². The number of nitrogens with one attached hydrogen (secondary N) is 2. The van der Waals surface area contributed by atoms with Gasteiger partial charge in [-0.1, -0.05) is 0 Å². The van der Waals surface area contributed by atoms with Crippen LogP contribution in [-0.2, 0) is 9.59 Å².